The predicted molar refractivity (Wildman–Crippen MR) is 113 cm³/mol. The molecule has 0 amide bonds. The quantitative estimate of drug-likeness (QED) is 0.282. The molecule has 0 atom stereocenters. The molecule has 0 bridgehead atoms. The van der Waals surface area contributed by atoms with Crippen LogP contribution >= 0.6 is 0 Å². The van der Waals surface area contributed by atoms with Crippen molar-refractivity contribution in [2.75, 3.05) is 6.61 Å². The minimum atomic E-state index is -1.31. The minimum Gasteiger partial charge on any atom is -0.494 e. The van der Waals surface area contributed by atoms with E-state index in [0.717, 1.165) is 56.6 Å². The first kappa shape index (κ1) is 22.7. The summed E-state index contributed by atoms with van der Waals surface area (Å²) in [5.41, 5.74) is 0.795. The van der Waals surface area contributed by atoms with Gasteiger partial charge < -0.3 is 9.47 Å². The summed E-state index contributed by atoms with van der Waals surface area (Å²) in [5, 5.41) is 8.74. The molecule has 31 heavy (non-hydrogen) atoms. The summed E-state index contributed by atoms with van der Waals surface area (Å²) in [5.74, 6) is -2.77. The summed E-state index contributed by atoms with van der Waals surface area (Å²) in [6.07, 6.45) is 6.27. The number of ether oxygens (including phenoxy) is 2. The van der Waals surface area contributed by atoms with Crippen molar-refractivity contribution in [3.05, 3.63) is 59.2 Å². The number of carbonyl (C=O) groups excluding carboxylic acids is 1. The van der Waals surface area contributed by atoms with Crippen LogP contribution in [0.5, 0.6) is 11.5 Å². The zero-order chi connectivity index (χ0) is 22.2. The van der Waals surface area contributed by atoms with Crippen LogP contribution in [0.15, 0.2) is 36.4 Å². The van der Waals surface area contributed by atoms with Crippen molar-refractivity contribution in [2.45, 2.75) is 57.8 Å². The van der Waals surface area contributed by atoms with Crippen molar-refractivity contribution in [3.8, 4) is 17.6 Å². The van der Waals surface area contributed by atoms with E-state index in [0.29, 0.717) is 18.8 Å². The smallest absolute Gasteiger partial charge is 0.314 e. The molecule has 0 aliphatic heterocycles. The Hall–Kier alpha value is -2.94. The number of benzene rings is 2. The molecule has 1 aliphatic carbocycles. The molecule has 2 aromatic rings. The largest absolute Gasteiger partial charge is 0.494 e. The second-order valence-electron chi connectivity index (χ2n) is 7.95. The van der Waals surface area contributed by atoms with Crippen LogP contribution < -0.4 is 9.47 Å². The Labute approximate surface area is 181 Å². The van der Waals surface area contributed by atoms with Gasteiger partial charge in [0.15, 0.2) is 11.6 Å². The maximum absolute atomic E-state index is 14.0. The fourth-order valence-electron chi connectivity index (χ4n) is 3.93. The summed E-state index contributed by atoms with van der Waals surface area (Å²) in [7, 11) is 0. The Morgan fingerprint density at radius 2 is 1.74 bits per heavy atom. The second kappa shape index (κ2) is 10.9. The predicted octanol–water partition coefficient (Wildman–Crippen LogP) is 6.28. The maximum Gasteiger partial charge on any atom is 0.314 e. The van der Waals surface area contributed by atoms with Crippen LogP contribution in [0.25, 0.3) is 0 Å². The van der Waals surface area contributed by atoms with Gasteiger partial charge in [0.1, 0.15) is 11.8 Å². The highest BCUT2D eigenvalue weighted by Crippen LogP contribution is 2.37. The first-order valence-corrected chi connectivity index (χ1v) is 10.9. The average Bonchev–Trinajstić information content (AvgIpc) is 2.80. The lowest BCUT2D eigenvalue weighted by Gasteiger charge is -2.27. The van der Waals surface area contributed by atoms with Crippen LogP contribution in [0.2, 0.25) is 0 Å². The molecule has 3 rings (SSSR count). The summed E-state index contributed by atoms with van der Waals surface area (Å²) in [6.45, 7) is 2.89. The molecule has 0 heterocycles. The SMILES string of the molecule is CCCCCOc1ccc([C@H]2CC[C@H](C(=O)Oc3ccc(C#N)c(F)c3F)CC2)cc1. The van der Waals surface area contributed by atoms with Crippen molar-refractivity contribution < 1.29 is 23.0 Å². The first-order valence-electron chi connectivity index (χ1n) is 10.9. The van der Waals surface area contributed by atoms with Crippen molar-refractivity contribution >= 4 is 5.97 Å². The summed E-state index contributed by atoms with van der Waals surface area (Å²) in [6, 6.07) is 11.9. The van der Waals surface area contributed by atoms with E-state index in [9.17, 15) is 13.6 Å². The molecular formula is C25H27F2NO3. The normalized spacial score (nSPS) is 18.3. The Kier molecular flexibility index (Phi) is 8.00. The fourth-order valence-corrected chi connectivity index (χ4v) is 3.93. The fraction of sp³-hybridized carbons (Fsp3) is 0.440. The van der Waals surface area contributed by atoms with Crippen molar-refractivity contribution in [1.29, 1.82) is 5.26 Å². The lowest BCUT2D eigenvalue weighted by molar-refractivity contribution is -0.140. The van der Waals surface area contributed by atoms with Crippen LogP contribution in [0.4, 0.5) is 8.78 Å². The highest BCUT2D eigenvalue weighted by atomic mass is 19.2. The van der Waals surface area contributed by atoms with Crippen molar-refractivity contribution in [2.24, 2.45) is 5.92 Å². The Morgan fingerprint density at radius 1 is 1.03 bits per heavy atom. The number of unbranched alkanes of at least 4 members (excludes halogenated alkanes) is 2. The average molecular weight is 427 g/mol. The molecule has 0 unspecified atom stereocenters. The van der Waals surface area contributed by atoms with Gasteiger partial charge in [-0.15, -0.1) is 0 Å². The molecule has 2 aromatic carbocycles. The number of esters is 1. The third-order valence-corrected chi connectivity index (χ3v) is 5.81. The Morgan fingerprint density at radius 3 is 2.39 bits per heavy atom. The summed E-state index contributed by atoms with van der Waals surface area (Å²) in [4.78, 5) is 12.4. The van der Waals surface area contributed by atoms with E-state index in [4.69, 9.17) is 14.7 Å². The van der Waals surface area contributed by atoms with Crippen LogP contribution in [0.3, 0.4) is 0 Å². The Bertz CT molecular complexity index is 929. The molecule has 0 spiro atoms. The van der Waals surface area contributed by atoms with Gasteiger partial charge in [0, 0.05) is 0 Å². The number of nitriles is 1. The number of hydrogen-bond acceptors (Lipinski definition) is 4. The van der Waals surface area contributed by atoms with Gasteiger partial charge >= 0.3 is 5.97 Å². The molecule has 4 nitrogen and oxygen atoms in total. The highest BCUT2D eigenvalue weighted by Gasteiger charge is 2.29. The van der Waals surface area contributed by atoms with E-state index in [1.165, 1.54) is 5.56 Å². The van der Waals surface area contributed by atoms with Gasteiger partial charge in [-0.2, -0.15) is 9.65 Å². The van der Waals surface area contributed by atoms with Crippen LogP contribution in [0.1, 0.15) is 68.9 Å². The van der Waals surface area contributed by atoms with Gasteiger partial charge in [-0.3, -0.25) is 4.79 Å². The highest BCUT2D eigenvalue weighted by molar-refractivity contribution is 5.75. The number of nitrogens with zero attached hydrogens (tertiary/aromatic N) is 1. The maximum atomic E-state index is 14.0. The van der Waals surface area contributed by atoms with Gasteiger partial charge in [-0.05, 0) is 67.9 Å². The number of hydrogen-bond donors (Lipinski definition) is 0. The monoisotopic (exact) mass is 427 g/mol. The number of rotatable bonds is 8. The molecule has 1 aliphatic rings. The van der Waals surface area contributed by atoms with Crippen molar-refractivity contribution in [3.63, 3.8) is 0 Å². The molecule has 0 aromatic heterocycles. The van der Waals surface area contributed by atoms with Crippen LogP contribution in [-0.4, -0.2) is 12.6 Å². The standard InChI is InChI=1S/C25H27F2NO3/c1-2-3-4-15-30-21-12-9-18(10-13-21)17-5-7-19(8-6-17)25(29)31-22-14-11-20(16-28)23(26)24(22)27/h9-14,17,19H,2-8,15H2,1H3/t17-,19-. The van der Waals surface area contributed by atoms with Gasteiger partial charge in [-0.1, -0.05) is 31.9 Å². The zero-order valence-corrected chi connectivity index (χ0v) is 17.7. The first-order chi connectivity index (χ1) is 15.0. The zero-order valence-electron chi connectivity index (χ0n) is 17.7. The lowest BCUT2D eigenvalue weighted by atomic mass is 9.79. The topological polar surface area (TPSA) is 59.3 Å². The molecule has 1 fully saturated rings. The van der Waals surface area contributed by atoms with Gasteiger partial charge in [0.2, 0.25) is 5.82 Å². The van der Waals surface area contributed by atoms with E-state index in [2.05, 4.69) is 19.1 Å². The lowest BCUT2D eigenvalue weighted by Crippen LogP contribution is -2.25. The second-order valence-corrected chi connectivity index (χ2v) is 7.95. The van der Waals surface area contributed by atoms with Gasteiger partial charge in [0.25, 0.3) is 0 Å². The van der Waals surface area contributed by atoms with E-state index in [1.807, 2.05) is 12.1 Å². The van der Waals surface area contributed by atoms with E-state index in [-0.39, 0.29) is 5.92 Å². The van der Waals surface area contributed by atoms with Crippen LogP contribution in [-0.2, 0) is 4.79 Å². The molecular weight excluding hydrogens is 400 g/mol. The summed E-state index contributed by atoms with van der Waals surface area (Å²) >= 11 is 0. The van der Waals surface area contributed by atoms with Gasteiger partial charge in [-0.25, -0.2) is 4.39 Å². The molecule has 164 valence electrons. The molecule has 0 saturated heterocycles. The molecule has 6 heteroatoms. The van der Waals surface area contributed by atoms with E-state index >= 15 is 0 Å². The Balaban J connectivity index is 1.51. The third-order valence-electron chi connectivity index (χ3n) is 5.81. The molecule has 0 N–H and O–H groups in total. The third kappa shape index (κ3) is 5.81. The number of carbonyl (C=O) groups is 1. The van der Waals surface area contributed by atoms with E-state index < -0.39 is 28.9 Å². The van der Waals surface area contributed by atoms with Crippen LogP contribution in [0, 0.1) is 28.9 Å². The minimum absolute atomic E-state index is 0.349. The van der Waals surface area contributed by atoms with Crippen molar-refractivity contribution in [1.82, 2.24) is 0 Å². The number of halogens is 2. The van der Waals surface area contributed by atoms with E-state index in [1.54, 1.807) is 6.07 Å². The van der Waals surface area contributed by atoms with Gasteiger partial charge in [0.05, 0.1) is 18.1 Å². The summed E-state index contributed by atoms with van der Waals surface area (Å²) < 4.78 is 38.6. The molecule has 1 saturated carbocycles. The molecule has 0 radical (unpaired) electrons.